The Balaban J connectivity index is 2.22. The van der Waals surface area contributed by atoms with Gasteiger partial charge in [0.05, 0.1) is 6.10 Å². The minimum absolute atomic E-state index is 0.0831. The first-order valence-electron chi connectivity index (χ1n) is 5.70. The number of rotatable bonds is 5. The van der Waals surface area contributed by atoms with E-state index in [1.165, 1.54) is 0 Å². The highest BCUT2D eigenvalue weighted by Crippen LogP contribution is 2.15. The van der Waals surface area contributed by atoms with Gasteiger partial charge >= 0.3 is 12.2 Å². The van der Waals surface area contributed by atoms with Crippen LogP contribution in [0.2, 0.25) is 0 Å². The first kappa shape index (κ1) is 15.3. The zero-order valence-corrected chi connectivity index (χ0v) is 10.1. The summed E-state index contributed by atoms with van der Waals surface area (Å²) >= 11 is 0. The molecule has 2 amide bonds. The minimum Gasteiger partial charge on any atom is -0.388 e. The summed E-state index contributed by atoms with van der Waals surface area (Å²) in [5.74, 6) is 0. The first-order chi connectivity index (χ1) is 8.88. The van der Waals surface area contributed by atoms with Gasteiger partial charge in [0.2, 0.25) is 0 Å². The van der Waals surface area contributed by atoms with Crippen LogP contribution in [0, 0.1) is 0 Å². The van der Waals surface area contributed by atoms with Gasteiger partial charge < -0.3 is 15.7 Å². The summed E-state index contributed by atoms with van der Waals surface area (Å²) in [6, 6.07) is 7.89. The van der Waals surface area contributed by atoms with Crippen LogP contribution >= 0.6 is 0 Å². The molecular formula is C12H15F3N2O2. The van der Waals surface area contributed by atoms with Crippen LogP contribution in [0.1, 0.15) is 18.1 Å². The van der Waals surface area contributed by atoms with Gasteiger partial charge in [0, 0.05) is 6.54 Å². The van der Waals surface area contributed by atoms with Gasteiger partial charge in [-0.1, -0.05) is 30.3 Å². The molecule has 106 valence electrons. The molecule has 0 aromatic heterocycles. The van der Waals surface area contributed by atoms with E-state index in [4.69, 9.17) is 0 Å². The van der Waals surface area contributed by atoms with Crippen molar-refractivity contribution in [2.75, 3.05) is 13.1 Å². The lowest BCUT2D eigenvalue weighted by atomic mass is 10.1. The van der Waals surface area contributed by atoms with Crippen molar-refractivity contribution in [2.45, 2.75) is 18.7 Å². The lowest BCUT2D eigenvalue weighted by molar-refractivity contribution is -0.122. The number of aliphatic hydroxyl groups excluding tert-OH is 1. The van der Waals surface area contributed by atoms with Crippen molar-refractivity contribution in [1.29, 1.82) is 0 Å². The SMILES string of the molecule is O=C(NCCC(O)c1ccccc1)NCC(F)(F)F. The van der Waals surface area contributed by atoms with Crippen LogP contribution in [0.15, 0.2) is 30.3 Å². The van der Waals surface area contributed by atoms with Crippen LogP contribution in [0.3, 0.4) is 0 Å². The minimum atomic E-state index is -4.43. The standard InChI is InChI=1S/C12H15F3N2O2/c13-12(14,15)8-17-11(19)16-7-6-10(18)9-4-2-1-3-5-9/h1-5,10,18H,6-8H2,(H2,16,17,19). The second-order valence-corrected chi connectivity index (χ2v) is 3.94. The summed E-state index contributed by atoms with van der Waals surface area (Å²) in [7, 11) is 0. The average Bonchev–Trinajstić information content (AvgIpc) is 2.36. The molecule has 3 N–H and O–H groups in total. The van der Waals surface area contributed by atoms with E-state index >= 15 is 0 Å². The molecule has 0 bridgehead atoms. The highest BCUT2D eigenvalue weighted by Gasteiger charge is 2.27. The van der Waals surface area contributed by atoms with Crippen LogP contribution in [-0.4, -0.2) is 30.4 Å². The molecule has 7 heteroatoms. The fourth-order valence-electron chi connectivity index (χ4n) is 1.41. The fraction of sp³-hybridized carbons (Fsp3) is 0.417. The Bertz CT molecular complexity index is 396. The number of hydrogen-bond donors (Lipinski definition) is 3. The second-order valence-electron chi connectivity index (χ2n) is 3.94. The maximum Gasteiger partial charge on any atom is 0.405 e. The number of carbonyl (C=O) groups is 1. The molecule has 0 radical (unpaired) electrons. The number of alkyl halides is 3. The average molecular weight is 276 g/mol. The molecular weight excluding hydrogens is 261 g/mol. The number of halogens is 3. The third-order valence-corrected chi connectivity index (χ3v) is 2.34. The number of benzene rings is 1. The Morgan fingerprint density at radius 2 is 1.84 bits per heavy atom. The van der Waals surface area contributed by atoms with Crippen molar-refractivity contribution in [3.8, 4) is 0 Å². The molecule has 0 aliphatic rings. The van der Waals surface area contributed by atoms with Gasteiger partial charge in [-0.25, -0.2) is 4.79 Å². The highest BCUT2D eigenvalue weighted by atomic mass is 19.4. The van der Waals surface area contributed by atoms with E-state index in [2.05, 4.69) is 5.32 Å². The van der Waals surface area contributed by atoms with Crippen molar-refractivity contribution in [3.63, 3.8) is 0 Å². The zero-order valence-electron chi connectivity index (χ0n) is 10.1. The van der Waals surface area contributed by atoms with Gasteiger partial charge in [-0.05, 0) is 12.0 Å². The summed E-state index contributed by atoms with van der Waals surface area (Å²) < 4.78 is 35.4. The van der Waals surface area contributed by atoms with Crippen LogP contribution in [-0.2, 0) is 0 Å². The van der Waals surface area contributed by atoms with Crippen LogP contribution in [0.25, 0.3) is 0 Å². The third-order valence-electron chi connectivity index (χ3n) is 2.34. The van der Waals surface area contributed by atoms with Crippen LogP contribution < -0.4 is 10.6 Å². The summed E-state index contributed by atoms with van der Waals surface area (Å²) in [5.41, 5.74) is 0.694. The van der Waals surface area contributed by atoms with Crippen molar-refractivity contribution in [3.05, 3.63) is 35.9 Å². The number of carbonyl (C=O) groups excluding carboxylic acids is 1. The topological polar surface area (TPSA) is 61.4 Å². The molecule has 1 rings (SSSR count). The molecule has 1 aromatic rings. The quantitative estimate of drug-likeness (QED) is 0.770. The number of hydrogen-bond acceptors (Lipinski definition) is 2. The predicted octanol–water partition coefficient (Wildman–Crippen LogP) is 1.97. The Morgan fingerprint density at radius 3 is 2.42 bits per heavy atom. The van der Waals surface area contributed by atoms with Crippen molar-refractivity contribution >= 4 is 6.03 Å². The van der Waals surface area contributed by atoms with E-state index in [1.54, 1.807) is 35.6 Å². The van der Waals surface area contributed by atoms with Crippen molar-refractivity contribution in [1.82, 2.24) is 10.6 Å². The molecule has 4 nitrogen and oxygen atoms in total. The Morgan fingerprint density at radius 1 is 1.21 bits per heavy atom. The zero-order chi connectivity index (χ0) is 14.3. The van der Waals surface area contributed by atoms with Gasteiger partial charge in [-0.15, -0.1) is 0 Å². The maximum absolute atomic E-state index is 11.8. The molecule has 0 heterocycles. The molecule has 0 saturated carbocycles. The lowest BCUT2D eigenvalue weighted by Crippen LogP contribution is -2.41. The van der Waals surface area contributed by atoms with E-state index in [-0.39, 0.29) is 13.0 Å². The third kappa shape index (κ3) is 6.66. The summed E-state index contributed by atoms with van der Waals surface area (Å²) in [4.78, 5) is 11.0. The predicted molar refractivity (Wildman–Crippen MR) is 63.5 cm³/mol. The van der Waals surface area contributed by atoms with Gasteiger partial charge in [-0.3, -0.25) is 0 Å². The van der Waals surface area contributed by atoms with E-state index in [0.29, 0.717) is 5.56 Å². The highest BCUT2D eigenvalue weighted by molar-refractivity contribution is 5.73. The number of nitrogens with one attached hydrogen (secondary N) is 2. The monoisotopic (exact) mass is 276 g/mol. The van der Waals surface area contributed by atoms with Crippen LogP contribution in [0.4, 0.5) is 18.0 Å². The largest absolute Gasteiger partial charge is 0.405 e. The number of amides is 2. The summed E-state index contributed by atoms with van der Waals surface area (Å²) in [5, 5.41) is 13.7. The van der Waals surface area contributed by atoms with Crippen molar-refractivity contribution < 1.29 is 23.1 Å². The molecule has 1 unspecified atom stereocenters. The first-order valence-corrected chi connectivity index (χ1v) is 5.70. The Kier molecular flexibility index (Phi) is 5.62. The second kappa shape index (κ2) is 6.98. The van der Waals surface area contributed by atoms with E-state index < -0.39 is 24.9 Å². The Hall–Kier alpha value is -1.76. The molecule has 1 aromatic carbocycles. The van der Waals surface area contributed by atoms with Gasteiger partial charge in [0.15, 0.2) is 0 Å². The molecule has 1 atom stereocenters. The van der Waals surface area contributed by atoms with Crippen LogP contribution in [0.5, 0.6) is 0 Å². The van der Waals surface area contributed by atoms with Crippen molar-refractivity contribution in [2.24, 2.45) is 0 Å². The summed E-state index contributed by atoms with van der Waals surface area (Å²) in [6.45, 7) is -1.29. The Labute approximate surface area is 108 Å². The number of aliphatic hydroxyl groups is 1. The summed E-state index contributed by atoms with van der Waals surface area (Å²) in [6.07, 6.45) is -4.96. The van der Waals surface area contributed by atoms with E-state index in [0.717, 1.165) is 0 Å². The molecule has 0 fully saturated rings. The van der Waals surface area contributed by atoms with E-state index in [9.17, 15) is 23.1 Å². The van der Waals surface area contributed by atoms with Gasteiger partial charge in [-0.2, -0.15) is 13.2 Å². The lowest BCUT2D eigenvalue weighted by Gasteiger charge is -2.12. The van der Waals surface area contributed by atoms with E-state index in [1.807, 2.05) is 0 Å². The maximum atomic E-state index is 11.8. The molecule has 0 aliphatic carbocycles. The van der Waals surface area contributed by atoms with Gasteiger partial charge in [0.25, 0.3) is 0 Å². The molecule has 0 aliphatic heterocycles. The molecule has 0 spiro atoms. The molecule has 0 saturated heterocycles. The van der Waals surface area contributed by atoms with Gasteiger partial charge in [0.1, 0.15) is 6.54 Å². The fourth-order valence-corrected chi connectivity index (χ4v) is 1.41. The number of urea groups is 1. The smallest absolute Gasteiger partial charge is 0.388 e. The molecule has 19 heavy (non-hydrogen) atoms. The normalized spacial score (nSPS) is 12.8.